The van der Waals surface area contributed by atoms with E-state index in [1.807, 2.05) is 12.3 Å². The van der Waals surface area contributed by atoms with Crippen LogP contribution in [0.25, 0.3) is 5.69 Å². The Morgan fingerprint density at radius 2 is 2.06 bits per heavy atom. The van der Waals surface area contributed by atoms with E-state index in [9.17, 15) is 4.79 Å². The Kier molecular flexibility index (Phi) is 3.32. The number of hydrogen-bond acceptors (Lipinski definition) is 1. The monoisotopic (exact) mass is 415 g/mol. The third-order valence-electron chi connectivity index (χ3n) is 3.29. The second kappa shape index (κ2) is 4.81. The highest BCUT2D eigenvalue weighted by Gasteiger charge is 2.21. The third kappa shape index (κ3) is 2.05. The molecule has 0 radical (unpaired) electrons. The largest absolute Gasteiger partial charge is 0.320 e. The predicted molar refractivity (Wildman–Crippen MR) is 83.5 cm³/mol. The van der Waals surface area contributed by atoms with Crippen molar-refractivity contribution in [1.29, 1.82) is 0 Å². The van der Waals surface area contributed by atoms with Gasteiger partial charge in [-0.05, 0) is 75.6 Å². The Hall–Kier alpha value is -0.620. The summed E-state index contributed by atoms with van der Waals surface area (Å²) in [6, 6.07) is 8.22. The molecule has 1 aromatic heterocycles. The van der Waals surface area contributed by atoms with Gasteiger partial charge in [-0.1, -0.05) is 0 Å². The normalized spacial score (nSPS) is 14.7. The van der Waals surface area contributed by atoms with Crippen molar-refractivity contribution in [3.05, 3.63) is 49.8 Å². The molecule has 0 amide bonds. The summed E-state index contributed by atoms with van der Waals surface area (Å²) < 4.78 is 4.41. The zero-order valence-electron chi connectivity index (χ0n) is 9.62. The smallest absolute Gasteiger partial charge is 0.164 e. The summed E-state index contributed by atoms with van der Waals surface area (Å²) in [5.74, 6) is 0.277. The molecule has 0 spiro atoms. The summed E-state index contributed by atoms with van der Waals surface area (Å²) in [5, 5.41) is 0. The van der Waals surface area contributed by atoms with Crippen molar-refractivity contribution in [1.82, 2.24) is 4.57 Å². The van der Waals surface area contributed by atoms with Crippen molar-refractivity contribution >= 4 is 44.3 Å². The Bertz CT molecular complexity index is 633. The predicted octanol–water partition coefficient (Wildman–Crippen LogP) is 4.36. The molecule has 18 heavy (non-hydrogen) atoms. The number of nitrogens with zero attached hydrogens (tertiary/aromatic N) is 1. The van der Waals surface area contributed by atoms with E-state index in [2.05, 4.69) is 61.3 Å². The SMILES string of the molecule is O=C1CCCc2c1ccn2-c1ccc(I)c(Br)c1. The first-order chi connectivity index (χ1) is 8.66. The van der Waals surface area contributed by atoms with Gasteiger partial charge in [0.05, 0.1) is 0 Å². The van der Waals surface area contributed by atoms with Crippen molar-refractivity contribution in [3.8, 4) is 5.69 Å². The van der Waals surface area contributed by atoms with Gasteiger partial charge in [-0.3, -0.25) is 4.79 Å². The van der Waals surface area contributed by atoms with Gasteiger partial charge >= 0.3 is 0 Å². The van der Waals surface area contributed by atoms with E-state index in [0.717, 1.165) is 34.3 Å². The number of benzene rings is 1. The number of aromatic nitrogens is 1. The van der Waals surface area contributed by atoms with Gasteiger partial charge < -0.3 is 4.57 Å². The van der Waals surface area contributed by atoms with Gasteiger partial charge in [-0.15, -0.1) is 0 Å². The van der Waals surface area contributed by atoms with Crippen LogP contribution < -0.4 is 0 Å². The van der Waals surface area contributed by atoms with Crippen LogP contribution >= 0.6 is 38.5 Å². The Morgan fingerprint density at radius 3 is 2.83 bits per heavy atom. The minimum Gasteiger partial charge on any atom is -0.320 e. The first kappa shape index (κ1) is 12.4. The quantitative estimate of drug-likeness (QED) is 0.634. The molecule has 0 aliphatic heterocycles. The van der Waals surface area contributed by atoms with Gasteiger partial charge in [-0.25, -0.2) is 0 Å². The summed E-state index contributed by atoms with van der Waals surface area (Å²) in [6.45, 7) is 0. The third-order valence-corrected chi connectivity index (χ3v) is 5.63. The molecule has 92 valence electrons. The van der Waals surface area contributed by atoms with Gasteiger partial charge in [0.2, 0.25) is 0 Å². The average molecular weight is 416 g/mol. The van der Waals surface area contributed by atoms with Crippen molar-refractivity contribution in [2.45, 2.75) is 19.3 Å². The molecule has 0 bridgehead atoms. The number of carbonyl (C=O) groups is 1. The fraction of sp³-hybridized carbons (Fsp3) is 0.214. The Labute approximate surface area is 128 Å². The molecule has 1 aromatic carbocycles. The van der Waals surface area contributed by atoms with Gasteiger partial charge in [0.15, 0.2) is 5.78 Å². The van der Waals surface area contributed by atoms with Crippen LogP contribution in [0.15, 0.2) is 34.9 Å². The average Bonchev–Trinajstić information content (AvgIpc) is 2.78. The molecule has 1 heterocycles. The maximum Gasteiger partial charge on any atom is 0.164 e. The highest BCUT2D eigenvalue weighted by molar-refractivity contribution is 14.1. The zero-order chi connectivity index (χ0) is 12.7. The molecule has 0 saturated heterocycles. The maximum absolute atomic E-state index is 11.8. The fourth-order valence-corrected chi connectivity index (χ4v) is 3.10. The van der Waals surface area contributed by atoms with Crippen LogP contribution in [0.3, 0.4) is 0 Å². The molecule has 2 aromatic rings. The van der Waals surface area contributed by atoms with E-state index < -0.39 is 0 Å². The van der Waals surface area contributed by atoms with E-state index >= 15 is 0 Å². The second-order valence-corrected chi connectivity index (χ2v) is 6.44. The molecule has 0 unspecified atom stereocenters. The number of rotatable bonds is 1. The molecule has 2 nitrogen and oxygen atoms in total. The minimum atomic E-state index is 0.277. The number of hydrogen-bond donors (Lipinski definition) is 0. The zero-order valence-corrected chi connectivity index (χ0v) is 13.4. The lowest BCUT2D eigenvalue weighted by Gasteiger charge is -2.15. The van der Waals surface area contributed by atoms with Crippen LogP contribution in [0.4, 0.5) is 0 Å². The number of fused-ring (bicyclic) bond motifs is 1. The lowest BCUT2D eigenvalue weighted by atomic mass is 9.97. The van der Waals surface area contributed by atoms with Crippen LogP contribution in [-0.2, 0) is 6.42 Å². The Morgan fingerprint density at radius 1 is 1.22 bits per heavy atom. The van der Waals surface area contributed by atoms with Gasteiger partial charge in [0, 0.05) is 37.6 Å². The summed E-state index contributed by atoms with van der Waals surface area (Å²) >= 11 is 5.85. The topological polar surface area (TPSA) is 22.0 Å². The molecular formula is C14H11BrINO. The minimum absolute atomic E-state index is 0.277. The molecular weight excluding hydrogens is 405 g/mol. The first-order valence-corrected chi connectivity index (χ1v) is 7.73. The van der Waals surface area contributed by atoms with E-state index in [1.54, 1.807) is 0 Å². The molecule has 0 fully saturated rings. The number of ketones is 1. The van der Waals surface area contributed by atoms with Crippen LogP contribution in [0.5, 0.6) is 0 Å². The van der Waals surface area contributed by atoms with Gasteiger partial charge in [0.25, 0.3) is 0 Å². The second-order valence-electron chi connectivity index (χ2n) is 4.42. The highest BCUT2D eigenvalue weighted by atomic mass is 127. The summed E-state index contributed by atoms with van der Waals surface area (Å²) in [7, 11) is 0. The van der Waals surface area contributed by atoms with Crippen molar-refractivity contribution < 1.29 is 4.79 Å². The fourth-order valence-electron chi connectivity index (χ4n) is 2.40. The summed E-state index contributed by atoms with van der Waals surface area (Å²) in [6.07, 6.45) is 4.63. The van der Waals surface area contributed by atoms with Crippen molar-refractivity contribution in [2.24, 2.45) is 0 Å². The van der Waals surface area contributed by atoms with E-state index in [1.165, 1.54) is 3.57 Å². The van der Waals surface area contributed by atoms with E-state index in [0.29, 0.717) is 6.42 Å². The summed E-state index contributed by atoms with van der Waals surface area (Å²) in [4.78, 5) is 11.8. The van der Waals surface area contributed by atoms with Crippen LogP contribution in [0.1, 0.15) is 28.9 Å². The van der Waals surface area contributed by atoms with Gasteiger partial charge in [-0.2, -0.15) is 0 Å². The van der Waals surface area contributed by atoms with Crippen LogP contribution in [-0.4, -0.2) is 10.4 Å². The number of carbonyl (C=O) groups excluding carboxylic acids is 1. The molecule has 1 aliphatic carbocycles. The number of halogens is 2. The number of Topliss-reactive ketones (excluding diaryl/α,β-unsaturated/α-hetero) is 1. The molecule has 0 N–H and O–H groups in total. The molecule has 3 rings (SSSR count). The molecule has 4 heteroatoms. The highest BCUT2D eigenvalue weighted by Crippen LogP contribution is 2.28. The maximum atomic E-state index is 11.8. The Balaban J connectivity index is 2.12. The van der Waals surface area contributed by atoms with Crippen LogP contribution in [0.2, 0.25) is 0 Å². The van der Waals surface area contributed by atoms with Crippen molar-refractivity contribution in [3.63, 3.8) is 0 Å². The first-order valence-electron chi connectivity index (χ1n) is 5.85. The molecule has 0 saturated carbocycles. The van der Waals surface area contributed by atoms with E-state index in [4.69, 9.17) is 0 Å². The lowest BCUT2D eigenvalue weighted by molar-refractivity contribution is 0.0972. The summed E-state index contributed by atoms with van der Waals surface area (Å²) in [5.41, 5.74) is 3.16. The standard InChI is InChI=1S/C14H11BrINO/c15-11-8-9(4-5-12(11)16)17-7-6-10-13(17)2-1-3-14(10)18/h4-8H,1-3H2. The molecule has 1 aliphatic rings. The van der Waals surface area contributed by atoms with Crippen molar-refractivity contribution in [2.75, 3.05) is 0 Å². The van der Waals surface area contributed by atoms with Gasteiger partial charge in [0.1, 0.15) is 0 Å². The molecule has 0 atom stereocenters. The van der Waals surface area contributed by atoms with Crippen LogP contribution in [0, 0.1) is 3.57 Å². The lowest BCUT2D eigenvalue weighted by Crippen LogP contribution is -2.12. The van der Waals surface area contributed by atoms with E-state index in [-0.39, 0.29) is 5.78 Å².